The molecule has 1 aliphatic heterocycles. The third-order valence-electron chi connectivity index (χ3n) is 4.98. The van der Waals surface area contributed by atoms with Crippen molar-refractivity contribution in [3.63, 3.8) is 0 Å². The Morgan fingerprint density at radius 3 is 2.70 bits per heavy atom. The molecule has 1 aromatic heterocycles. The number of carbonyl (C=O) groups excluding carboxylic acids is 1. The van der Waals surface area contributed by atoms with Crippen molar-refractivity contribution in [3.05, 3.63) is 54.6 Å². The van der Waals surface area contributed by atoms with Crippen LogP contribution in [-0.4, -0.2) is 25.9 Å². The topological polar surface area (TPSA) is 79.2 Å². The lowest BCUT2D eigenvalue weighted by atomic mass is 10.1. The maximum absolute atomic E-state index is 12.7. The van der Waals surface area contributed by atoms with E-state index in [1.807, 2.05) is 30.3 Å². The fourth-order valence-corrected chi connectivity index (χ4v) is 3.46. The highest BCUT2D eigenvalue weighted by Gasteiger charge is 2.20. The lowest BCUT2D eigenvalue weighted by Crippen LogP contribution is -2.30. The van der Waals surface area contributed by atoms with Gasteiger partial charge in [0, 0.05) is 22.9 Å². The first-order valence-corrected chi connectivity index (χ1v) is 9.49. The van der Waals surface area contributed by atoms with E-state index in [9.17, 15) is 4.79 Å². The molecule has 5 rings (SSSR count). The van der Waals surface area contributed by atoms with Gasteiger partial charge in [-0.15, -0.1) is 0 Å². The van der Waals surface area contributed by atoms with Crippen LogP contribution in [0.3, 0.4) is 0 Å². The van der Waals surface area contributed by atoms with Crippen molar-refractivity contribution < 1.29 is 28.2 Å². The zero-order valence-electron chi connectivity index (χ0n) is 16.4. The van der Waals surface area contributed by atoms with Crippen molar-refractivity contribution in [1.82, 2.24) is 0 Å². The summed E-state index contributed by atoms with van der Waals surface area (Å²) in [5, 5.41) is 4.78. The van der Waals surface area contributed by atoms with Gasteiger partial charge in [-0.1, -0.05) is 18.2 Å². The number of amides is 1. The monoisotopic (exact) mass is 405 g/mol. The molecule has 0 bridgehead atoms. The van der Waals surface area contributed by atoms with Crippen LogP contribution in [0.25, 0.3) is 21.9 Å². The van der Waals surface area contributed by atoms with Crippen molar-refractivity contribution >= 4 is 33.5 Å². The predicted molar refractivity (Wildman–Crippen MR) is 112 cm³/mol. The normalized spacial score (nSPS) is 13.4. The van der Waals surface area contributed by atoms with E-state index < -0.39 is 6.10 Å². The van der Waals surface area contributed by atoms with Crippen LogP contribution >= 0.6 is 0 Å². The number of para-hydroxylation sites is 1. The van der Waals surface area contributed by atoms with E-state index >= 15 is 0 Å². The smallest absolute Gasteiger partial charge is 0.265 e. The number of furan rings is 1. The maximum Gasteiger partial charge on any atom is 0.265 e. The lowest BCUT2D eigenvalue weighted by molar-refractivity contribution is -0.122. The number of ether oxygens (including phenoxy) is 4. The van der Waals surface area contributed by atoms with E-state index in [0.29, 0.717) is 34.3 Å². The number of carbonyl (C=O) groups is 1. The zero-order valence-corrected chi connectivity index (χ0v) is 16.4. The van der Waals surface area contributed by atoms with Gasteiger partial charge in [0.1, 0.15) is 22.7 Å². The molecule has 0 spiro atoms. The van der Waals surface area contributed by atoms with Gasteiger partial charge >= 0.3 is 0 Å². The minimum Gasteiger partial charge on any atom is -0.495 e. The molecule has 7 heteroatoms. The Labute approximate surface area is 172 Å². The van der Waals surface area contributed by atoms with E-state index in [-0.39, 0.29) is 12.7 Å². The highest BCUT2D eigenvalue weighted by atomic mass is 16.7. The molecule has 0 saturated carbocycles. The lowest BCUT2D eigenvalue weighted by Gasteiger charge is -2.16. The standard InChI is InChI=1S/C23H19NO6/c1-13(29-14-7-8-19-22(9-14)28-12-27-19)23(25)24-17-11-20-16(10-21(17)26-2)15-5-3-4-6-18(15)30-20/h3-11,13H,12H2,1-2H3,(H,24,25)/t13-/m0/s1. The number of hydrogen-bond donors (Lipinski definition) is 1. The summed E-state index contributed by atoms with van der Waals surface area (Å²) in [5.41, 5.74) is 1.95. The van der Waals surface area contributed by atoms with E-state index in [4.69, 9.17) is 23.4 Å². The molecular weight excluding hydrogens is 386 g/mol. The van der Waals surface area contributed by atoms with Crippen LogP contribution in [0.2, 0.25) is 0 Å². The molecule has 4 aromatic rings. The summed E-state index contributed by atoms with van der Waals surface area (Å²) in [6, 6.07) is 16.6. The Kier molecular flexibility index (Phi) is 4.35. The second-order valence-electron chi connectivity index (χ2n) is 6.91. The van der Waals surface area contributed by atoms with Crippen LogP contribution in [0, 0.1) is 0 Å². The molecule has 0 fully saturated rings. The molecular formula is C23H19NO6. The molecule has 0 saturated heterocycles. The Morgan fingerprint density at radius 2 is 1.83 bits per heavy atom. The quantitative estimate of drug-likeness (QED) is 0.517. The first-order chi connectivity index (χ1) is 14.6. The summed E-state index contributed by atoms with van der Waals surface area (Å²) in [7, 11) is 1.56. The molecule has 0 radical (unpaired) electrons. The fourth-order valence-electron chi connectivity index (χ4n) is 3.46. The average Bonchev–Trinajstić information content (AvgIpc) is 3.36. The second-order valence-corrected chi connectivity index (χ2v) is 6.91. The number of methoxy groups -OCH3 is 1. The van der Waals surface area contributed by atoms with Crippen LogP contribution in [0.1, 0.15) is 6.92 Å². The summed E-state index contributed by atoms with van der Waals surface area (Å²) >= 11 is 0. The zero-order chi connectivity index (χ0) is 20.7. The number of fused-ring (bicyclic) bond motifs is 4. The van der Waals surface area contributed by atoms with Gasteiger partial charge in [-0.05, 0) is 31.2 Å². The van der Waals surface area contributed by atoms with Gasteiger partial charge in [-0.25, -0.2) is 0 Å². The van der Waals surface area contributed by atoms with Crippen molar-refractivity contribution in [2.24, 2.45) is 0 Å². The number of anilines is 1. The number of nitrogens with one attached hydrogen (secondary N) is 1. The van der Waals surface area contributed by atoms with Crippen LogP contribution in [0.5, 0.6) is 23.0 Å². The van der Waals surface area contributed by atoms with E-state index in [1.54, 1.807) is 38.3 Å². The van der Waals surface area contributed by atoms with E-state index in [1.165, 1.54) is 0 Å². The van der Waals surface area contributed by atoms with Gasteiger partial charge in [-0.3, -0.25) is 4.79 Å². The molecule has 152 valence electrons. The summed E-state index contributed by atoms with van der Waals surface area (Å²) < 4.78 is 27.8. The maximum atomic E-state index is 12.7. The summed E-state index contributed by atoms with van der Waals surface area (Å²) in [5.74, 6) is 1.99. The summed E-state index contributed by atoms with van der Waals surface area (Å²) in [4.78, 5) is 12.7. The van der Waals surface area contributed by atoms with Crippen LogP contribution in [0.15, 0.2) is 59.0 Å². The van der Waals surface area contributed by atoms with Gasteiger partial charge < -0.3 is 28.7 Å². The van der Waals surface area contributed by atoms with Gasteiger partial charge in [0.05, 0.1) is 12.8 Å². The first-order valence-electron chi connectivity index (χ1n) is 9.49. The Hall–Kier alpha value is -3.87. The highest BCUT2D eigenvalue weighted by molar-refractivity contribution is 6.08. The number of hydrogen-bond acceptors (Lipinski definition) is 6. The summed E-state index contributed by atoms with van der Waals surface area (Å²) in [6.45, 7) is 1.85. The van der Waals surface area contributed by atoms with Gasteiger partial charge in [0.25, 0.3) is 5.91 Å². The van der Waals surface area contributed by atoms with E-state index in [0.717, 1.165) is 16.4 Å². The van der Waals surface area contributed by atoms with Crippen LogP contribution < -0.4 is 24.3 Å². The predicted octanol–water partition coefficient (Wildman–Crippen LogP) is 4.73. The molecule has 1 amide bonds. The van der Waals surface area contributed by atoms with Crippen LogP contribution in [-0.2, 0) is 4.79 Å². The van der Waals surface area contributed by atoms with E-state index in [2.05, 4.69) is 5.32 Å². The Balaban J connectivity index is 1.38. The third-order valence-corrected chi connectivity index (χ3v) is 4.98. The molecule has 1 atom stereocenters. The van der Waals surface area contributed by atoms with Gasteiger partial charge in [-0.2, -0.15) is 0 Å². The first kappa shape index (κ1) is 18.2. The van der Waals surface area contributed by atoms with Crippen molar-refractivity contribution in [2.75, 3.05) is 19.2 Å². The Morgan fingerprint density at radius 1 is 1.00 bits per heavy atom. The molecule has 7 nitrogen and oxygen atoms in total. The van der Waals surface area contributed by atoms with Crippen molar-refractivity contribution in [2.45, 2.75) is 13.0 Å². The molecule has 30 heavy (non-hydrogen) atoms. The second kappa shape index (κ2) is 7.18. The van der Waals surface area contributed by atoms with Crippen molar-refractivity contribution in [1.29, 1.82) is 0 Å². The number of benzene rings is 3. The van der Waals surface area contributed by atoms with Crippen molar-refractivity contribution in [3.8, 4) is 23.0 Å². The molecule has 2 heterocycles. The minimum absolute atomic E-state index is 0.179. The molecule has 1 aliphatic rings. The minimum atomic E-state index is -0.749. The third kappa shape index (κ3) is 3.14. The number of rotatable bonds is 5. The molecule has 1 N–H and O–H groups in total. The Bertz CT molecular complexity index is 1260. The van der Waals surface area contributed by atoms with Gasteiger partial charge in [0.15, 0.2) is 17.6 Å². The molecule has 0 unspecified atom stereocenters. The molecule has 0 aliphatic carbocycles. The average molecular weight is 405 g/mol. The SMILES string of the molecule is COc1cc2c(cc1NC(=O)[C@H](C)Oc1ccc3c(c1)OCO3)oc1ccccc12. The fraction of sp³-hybridized carbons (Fsp3) is 0.174. The van der Waals surface area contributed by atoms with Gasteiger partial charge in [0.2, 0.25) is 6.79 Å². The molecule has 3 aromatic carbocycles. The summed E-state index contributed by atoms with van der Waals surface area (Å²) in [6.07, 6.45) is -0.749. The largest absolute Gasteiger partial charge is 0.495 e. The highest BCUT2D eigenvalue weighted by Crippen LogP contribution is 2.37. The van der Waals surface area contributed by atoms with Crippen LogP contribution in [0.4, 0.5) is 5.69 Å².